The van der Waals surface area contributed by atoms with Gasteiger partial charge in [-0.05, 0) is 6.92 Å². The first kappa shape index (κ1) is 12.0. The molecule has 88 valence electrons. The van der Waals surface area contributed by atoms with E-state index < -0.39 is 24.4 Å². The van der Waals surface area contributed by atoms with Crippen molar-refractivity contribution >= 4 is 17.9 Å². The normalized spacial score (nSPS) is 12.1. The zero-order valence-corrected chi connectivity index (χ0v) is 8.75. The first-order chi connectivity index (χ1) is 7.54. The molecule has 0 fully saturated rings. The highest BCUT2D eigenvalue weighted by molar-refractivity contribution is 5.82. The summed E-state index contributed by atoms with van der Waals surface area (Å²) in [7, 11) is 0. The molecule has 0 aliphatic rings. The average molecular weight is 227 g/mol. The largest absolute Gasteiger partial charge is 0.481 e. The van der Waals surface area contributed by atoms with Gasteiger partial charge in [-0.15, -0.1) is 0 Å². The summed E-state index contributed by atoms with van der Waals surface area (Å²) in [5.41, 5.74) is 0. The summed E-state index contributed by atoms with van der Waals surface area (Å²) in [6.07, 6.45) is 2.71. The number of imidazole rings is 1. The highest BCUT2D eigenvalue weighted by atomic mass is 16.4. The number of carbonyl (C=O) groups is 2. The molecule has 1 aromatic rings. The van der Waals surface area contributed by atoms with Crippen molar-refractivity contribution < 1.29 is 19.8 Å². The molecule has 0 aliphatic carbocycles. The summed E-state index contributed by atoms with van der Waals surface area (Å²) >= 11 is 0. The maximum Gasteiger partial charge on any atom is 0.326 e. The van der Waals surface area contributed by atoms with Gasteiger partial charge in [0.15, 0.2) is 0 Å². The fourth-order valence-electron chi connectivity index (χ4n) is 1.24. The number of aryl methyl sites for hydroxylation is 1. The minimum atomic E-state index is -1.21. The predicted octanol–water partition coefficient (Wildman–Crippen LogP) is 0.243. The van der Waals surface area contributed by atoms with Crippen LogP contribution in [0.15, 0.2) is 12.4 Å². The van der Waals surface area contributed by atoms with Gasteiger partial charge in [0.05, 0.1) is 6.42 Å². The van der Waals surface area contributed by atoms with Gasteiger partial charge in [0, 0.05) is 18.9 Å². The van der Waals surface area contributed by atoms with Crippen molar-refractivity contribution in [2.24, 2.45) is 0 Å². The molecule has 0 saturated carbocycles. The second-order valence-electron chi connectivity index (χ2n) is 3.17. The van der Waals surface area contributed by atoms with Crippen LogP contribution in [0.5, 0.6) is 0 Å². The molecule has 1 aromatic heterocycles. The molecule has 16 heavy (non-hydrogen) atoms. The lowest BCUT2D eigenvalue weighted by Gasteiger charge is -2.13. The summed E-state index contributed by atoms with van der Waals surface area (Å²) in [5.74, 6) is -2.03. The van der Waals surface area contributed by atoms with Gasteiger partial charge in [0.25, 0.3) is 0 Å². The van der Waals surface area contributed by atoms with Crippen molar-refractivity contribution in [3.05, 3.63) is 12.4 Å². The van der Waals surface area contributed by atoms with E-state index in [0.29, 0.717) is 12.5 Å². The molecule has 0 amide bonds. The van der Waals surface area contributed by atoms with Crippen molar-refractivity contribution in [3.63, 3.8) is 0 Å². The van der Waals surface area contributed by atoms with Gasteiger partial charge >= 0.3 is 11.9 Å². The Labute approximate surface area is 91.7 Å². The Bertz CT molecular complexity index is 388. The third-order valence-electron chi connectivity index (χ3n) is 2.04. The lowest BCUT2D eigenvalue weighted by Crippen LogP contribution is -2.32. The lowest BCUT2D eigenvalue weighted by atomic mass is 10.2. The van der Waals surface area contributed by atoms with Gasteiger partial charge in [0.1, 0.15) is 6.04 Å². The number of nitrogens with zero attached hydrogens (tertiary/aromatic N) is 2. The number of anilines is 1. The minimum absolute atomic E-state index is 0.358. The van der Waals surface area contributed by atoms with E-state index in [4.69, 9.17) is 10.2 Å². The van der Waals surface area contributed by atoms with Crippen molar-refractivity contribution in [1.82, 2.24) is 9.55 Å². The molecule has 1 atom stereocenters. The van der Waals surface area contributed by atoms with Gasteiger partial charge in [-0.2, -0.15) is 0 Å². The Balaban J connectivity index is 2.75. The van der Waals surface area contributed by atoms with Crippen LogP contribution in [0.25, 0.3) is 0 Å². The Hall–Kier alpha value is -2.05. The molecule has 7 nitrogen and oxygen atoms in total. The quantitative estimate of drug-likeness (QED) is 0.643. The molecule has 0 spiro atoms. The Morgan fingerprint density at radius 3 is 2.75 bits per heavy atom. The van der Waals surface area contributed by atoms with E-state index in [2.05, 4.69) is 10.3 Å². The summed E-state index contributed by atoms with van der Waals surface area (Å²) in [6.45, 7) is 2.50. The highest BCUT2D eigenvalue weighted by Crippen LogP contribution is 2.08. The Kier molecular flexibility index (Phi) is 3.87. The monoisotopic (exact) mass is 227 g/mol. The number of hydrogen-bond donors (Lipinski definition) is 3. The minimum Gasteiger partial charge on any atom is -0.481 e. The van der Waals surface area contributed by atoms with Gasteiger partial charge in [-0.3, -0.25) is 4.79 Å². The highest BCUT2D eigenvalue weighted by Gasteiger charge is 2.22. The fraction of sp³-hybridized carbons (Fsp3) is 0.444. The molecule has 0 aliphatic heterocycles. The van der Waals surface area contributed by atoms with Crippen LogP contribution >= 0.6 is 0 Å². The van der Waals surface area contributed by atoms with Gasteiger partial charge < -0.3 is 20.1 Å². The van der Waals surface area contributed by atoms with Gasteiger partial charge in [0.2, 0.25) is 5.95 Å². The second-order valence-corrected chi connectivity index (χ2v) is 3.17. The molecule has 0 saturated heterocycles. The number of aliphatic carboxylic acids is 2. The zero-order chi connectivity index (χ0) is 12.1. The van der Waals surface area contributed by atoms with Crippen LogP contribution in [0.1, 0.15) is 13.3 Å². The van der Waals surface area contributed by atoms with Crippen LogP contribution in [0.2, 0.25) is 0 Å². The lowest BCUT2D eigenvalue weighted by molar-refractivity contribution is -0.144. The van der Waals surface area contributed by atoms with E-state index in [1.165, 1.54) is 6.20 Å². The van der Waals surface area contributed by atoms with Crippen molar-refractivity contribution in [3.8, 4) is 0 Å². The zero-order valence-electron chi connectivity index (χ0n) is 8.75. The molecular formula is C9H13N3O4. The van der Waals surface area contributed by atoms with E-state index in [1.807, 2.05) is 6.92 Å². The first-order valence-electron chi connectivity index (χ1n) is 4.76. The maximum atomic E-state index is 10.8. The average Bonchev–Trinajstić information content (AvgIpc) is 2.63. The molecule has 3 N–H and O–H groups in total. The summed E-state index contributed by atoms with van der Waals surface area (Å²) in [6, 6.07) is -1.18. The Morgan fingerprint density at radius 1 is 1.56 bits per heavy atom. The molecular weight excluding hydrogens is 214 g/mol. The van der Waals surface area contributed by atoms with Crippen molar-refractivity contribution in [2.75, 3.05) is 5.32 Å². The maximum absolute atomic E-state index is 10.8. The fourth-order valence-corrected chi connectivity index (χ4v) is 1.24. The number of rotatable bonds is 6. The van der Waals surface area contributed by atoms with Crippen LogP contribution < -0.4 is 5.32 Å². The Morgan fingerprint density at radius 2 is 2.25 bits per heavy atom. The van der Waals surface area contributed by atoms with Crippen LogP contribution in [0.4, 0.5) is 5.95 Å². The molecule has 1 rings (SSSR count). The van der Waals surface area contributed by atoms with E-state index in [9.17, 15) is 9.59 Å². The SMILES string of the molecule is CCn1ccnc1NC(CC(=O)O)C(=O)O. The molecule has 1 unspecified atom stereocenters. The van der Waals surface area contributed by atoms with Crippen molar-refractivity contribution in [1.29, 1.82) is 0 Å². The summed E-state index contributed by atoms with van der Waals surface area (Å²) in [4.78, 5) is 25.2. The van der Waals surface area contributed by atoms with Crippen LogP contribution in [-0.4, -0.2) is 37.7 Å². The molecule has 0 bridgehead atoms. The molecule has 0 aromatic carbocycles. The number of nitrogens with one attached hydrogen (secondary N) is 1. The topological polar surface area (TPSA) is 104 Å². The molecule has 0 radical (unpaired) electrons. The number of carboxylic acid groups (broad SMARTS) is 2. The van der Waals surface area contributed by atoms with E-state index in [-0.39, 0.29) is 0 Å². The predicted molar refractivity (Wildman–Crippen MR) is 55.2 cm³/mol. The van der Waals surface area contributed by atoms with Gasteiger partial charge in [-0.1, -0.05) is 0 Å². The van der Waals surface area contributed by atoms with Crippen LogP contribution in [0, 0.1) is 0 Å². The number of carboxylic acids is 2. The van der Waals surface area contributed by atoms with Gasteiger partial charge in [-0.25, -0.2) is 9.78 Å². The van der Waals surface area contributed by atoms with Crippen molar-refractivity contribution in [2.45, 2.75) is 25.9 Å². The van der Waals surface area contributed by atoms with Crippen LogP contribution in [0.3, 0.4) is 0 Å². The smallest absolute Gasteiger partial charge is 0.326 e. The molecule has 7 heteroatoms. The van der Waals surface area contributed by atoms with Crippen LogP contribution in [-0.2, 0) is 16.1 Å². The van der Waals surface area contributed by atoms with E-state index in [1.54, 1.807) is 10.8 Å². The third-order valence-corrected chi connectivity index (χ3v) is 2.04. The number of aromatic nitrogens is 2. The third kappa shape index (κ3) is 2.97. The summed E-state index contributed by atoms with van der Waals surface area (Å²) in [5, 5.41) is 20.0. The standard InChI is InChI=1S/C9H13N3O4/c1-2-12-4-3-10-9(12)11-6(8(15)16)5-7(13)14/h3-4,6H,2,5H2,1H3,(H,10,11)(H,13,14)(H,15,16). The van der Waals surface area contributed by atoms with E-state index >= 15 is 0 Å². The number of hydrogen-bond acceptors (Lipinski definition) is 4. The summed E-state index contributed by atoms with van der Waals surface area (Å²) < 4.78 is 1.69. The van der Waals surface area contributed by atoms with E-state index in [0.717, 1.165) is 0 Å². The second kappa shape index (κ2) is 5.15. The first-order valence-corrected chi connectivity index (χ1v) is 4.76. The molecule has 1 heterocycles.